The van der Waals surface area contributed by atoms with Crippen LogP contribution in [0.25, 0.3) is 0 Å². The molecule has 3 N–H and O–H groups in total. The van der Waals surface area contributed by atoms with Gasteiger partial charge < -0.3 is 15.6 Å². The van der Waals surface area contributed by atoms with Crippen molar-refractivity contribution in [3.05, 3.63) is 28.2 Å². The topological polar surface area (TPSA) is 55.5 Å². The molecule has 0 heterocycles. The third-order valence-electron chi connectivity index (χ3n) is 2.91. The van der Waals surface area contributed by atoms with E-state index in [4.69, 9.17) is 10.5 Å². The first-order chi connectivity index (χ1) is 7.70. The van der Waals surface area contributed by atoms with Crippen molar-refractivity contribution in [2.75, 3.05) is 6.54 Å². The van der Waals surface area contributed by atoms with E-state index >= 15 is 0 Å². The van der Waals surface area contributed by atoms with Gasteiger partial charge in [0.25, 0.3) is 0 Å². The largest absolute Gasteiger partial charge is 0.489 e. The zero-order valence-corrected chi connectivity index (χ0v) is 10.6. The van der Waals surface area contributed by atoms with Crippen molar-refractivity contribution in [2.45, 2.75) is 31.5 Å². The highest BCUT2D eigenvalue weighted by atomic mass is 79.9. The van der Waals surface area contributed by atoms with Gasteiger partial charge in [-0.15, -0.1) is 0 Å². The van der Waals surface area contributed by atoms with Gasteiger partial charge in [-0.1, -0.05) is 6.07 Å². The maximum atomic E-state index is 9.60. The van der Waals surface area contributed by atoms with Crippen LogP contribution in [0.2, 0.25) is 0 Å². The molecule has 88 valence electrons. The van der Waals surface area contributed by atoms with Gasteiger partial charge in [0.1, 0.15) is 5.75 Å². The fourth-order valence-corrected chi connectivity index (χ4v) is 2.11. The lowest BCUT2D eigenvalue weighted by molar-refractivity contribution is 0.119. The molecule has 1 fully saturated rings. The van der Waals surface area contributed by atoms with E-state index < -0.39 is 6.10 Å². The van der Waals surface area contributed by atoms with Gasteiger partial charge in [0.2, 0.25) is 0 Å². The highest BCUT2D eigenvalue weighted by molar-refractivity contribution is 9.10. The number of halogens is 1. The Balaban J connectivity index is 2.09. The molecule has 2 rings (SSSR count). The minimum absolute atomic E-state index is 0.231. The molecule has 4 heteroatoms. The van der Waals surface area contributed by atoms with Crippen molar-refractivity contribution in [2.24, 2.45) is 5.73 Å². The number of hydrogen-bond acceptors (Lipinski definition) is 3. The zero-order valence-electron chi connectivity index (χ0n) is 9.03. The Morgan fingerprint density at radius 3 is 2.75 bits per heavy atom. The summed E-state index contributed by atoms with van der Waals surface area (Å²) in [4.78, 5) is 0. The molecule has 0 saturated heterocycles. The van der Waals surface area contributed by atoms with Gasteiger partial charge >= 0.3 is 0 Å². The van der Waals surface area contributed by atoms with Crippen LogP contribution in [0.1, 0.15) is 30.9 Å². The Bertz CT molecular complexity index is 366. The molecule has 0 aromatic heterocycles. The van der Waals surface area contributed by atoms with Gasteiger partial charge in [-0.25, -0.2) is 0 Å². The molecule has 0 radical (unpaired) electrons. The SMILES string of the molecule is NCC(O)c1ccc(OC2CCC2)c(Br)c1. The molecule has 3 nitrogen and oxygen atoms in total. The van der Waals surface area contributed by atoms with E-state index in [1.54, 1.807) is 0 Å². The Labute approximate surface area is 104 Å². The lowest BCUT2D eigenvalue weighted by Crippen LogP contribution is -2.24. The van der Waals surface area contributed by atoms with Gasteiger partial charge in [0, 0.05) is 6.54 Å². The molecule has 0 aliphatic heterocycles. The predicted octanol–water partition coefficient (Wildman–Crippen LogP) is 2.37. The highest BCUT2D eigenvalue weighted by Gasteiger charge is 2.20. The van der Waals surface area contributed by atoms with Crippen molar-refractivity contribution in [3.63, 3.8) is 0 Å². The molecule has 1 aromatic carbocycles. The second-order valence-corrected chi connectivity index (χ2v) is 4.97. The number of benzene rings is 1. The molecule has 1 aliphatic rings. The fourth-order valence-electron chi connectivity index (χ4n) is 1.62. The van der Waals surface area contributed by atoms with Gasteiger partial charge in [0.05, 0.1) is 16.7 Å². The standard InChI is InChI=1S/C12H16BrNO2/c13-10-6-8(11(15)7-14)4-5-12(10)16-9-2-1-3-9/h4-6,9,11,15H,1-3,7,14H2. The van der Waals surface area contributed by atoms with Crippen LogP contribution in [0.3, 0.4) is 0 Å². The van der Waals surface area contributed by atoms with E-state index in [2.05, 4.69) is 15.9 Å². The first-order valence-corrected chi connectivity index (χ1v) is 6.34. The molecular formula is C12H16BrNO2. The number of ether oxygens (including phenoxy) is 1. The van der Waals surface area contributed by atoms with Crippen LogP contribution in [0.15, 0.2) is 22.7 Å². The third kappa shape index (κ3) is 2.56. The number of aliphatic hydroxyl groups is 1. The van der Waals surface area contributed by atoms with E-state index in [1.165, 1.54) is 6.42 Å². The summed E-state index contributed by atoms with van der Waals surface area (Å²) in [6, 6.07) is 5.61. The van der Waals surface area contributed by atoms with E-state index in [-0.39, 0.29) is 6.54 Å². The third-order valence-corrected chi connectivity index (χ3v) is 3.53. The van der Waals surface area contributed by atoms with Crippen LogP contribution in [0.5, 0.6) is 5.75 Å². The first kappa shape index (κ1) is 11.9. The highest BCUT2D eigenvalue weighted by Crippen LogP contribution is 2.32. The molecule has 1 atom stereocenters. The molecule has 1 saturated carbocycles. The maximum absolute atomic E-state index is 9.60. The van der Waals surface area contributed by atoms with Crippen molar-refractivity contribution in [3.8, 4) is 5.75 Å². The molecule has 0 bridgehead atoms. The Hall–Kier alpha value is -0.580. The summed E-state index contributed by atoms with van der Waals surface area (Å²) >= 11 is 3.45. The van der Waals surface area contributed by atoms with Gasteiger partial charge in [-0.05, 0) is 52.9 Å². The second kappa shape index (κ2) is 5.17. The lowest BCUT2D eigenvalue weighted by atomic mass is 9.96. The molecular weight excluding hydrogens is 270 g/mol. The summed E-state index contributed by atoms with van der Waals surface area (Å²) in [5.74, 6) is 0.845. The summed E-state index contributed by atoms with van der Waals surface area (Å²) in [6.07, 6.45) is 3.29. The van der Waals surface area contributed by atoms with Crippen LogP contribution in [-0.4, -0.2) is 17.8 Å². The van der Waals surface area contributed by atoms with Gasteiger partial charge in [0.15, 0.2) is 0 Å². The molecule has 1 aliphatic carbocycles. The van der Waals surface area contributed by atoms with Crippen LogP contribution in [0.4, 0.5) is 0 Å². The number of rotatable bonds is 4. The quantitative estimate of drug-likeness (QED) is 0.893. The fraction of sp³-hybridized carbons (Fsp3) is 0.500. The summed E-state index contributed by atoms with van der Waals surface area (Å²) in [6.45, 7) is 0.231. The summed E-state index contributed by atoms with van der Waals surface area (Å²) in [5.41, 5.74) is 6.22. The van der Waals surface area contributed by atoms with E-state index in [1.807, 2.05) is 18.2 Å². The van der Waals surface area contributed by atoms with E-state index in [0.29, 0.717) is 6.10 Å². The lowest BCUT2D eigenvalue weighted by Gasteiger charge is -2.27. The number of aliphatic hydroxyl groups excluding tert-OH is 1. The van der Waals surface area contributed by atoms with Crippen LogP contribution in [0, 0.1) is 0 Å². The smallest absolute Gasteiger partial charge is 0.133 e. The van der Waals surface area contributed by atoms with Gasteiger partial charge in [-0.3, -0.25) is 0 Å². The van der Waals surface area contributed by atoms with Crippen LogP contribution in [-0.2, 0) is 0 Å². The average molecular weight is 286 g/mol. The van der Waals surface area contributed by atoms with E-state index in [0.717, 1.165) is 28.6 Å². The summed E-state index contributed by atoms with van der Waals surface area (Å²) < 4.78 is 6.67. The minimum atomic E-state index is -0.603. The summed E-state index contributed by atoms with van der Waals surface area (Å²) in [7, 11) is 0. The number of hydrogen-bond donors (Lipinski definition) is 2. The zero-order chi connectivity index (χ0) is 11.5. The van der Waals surface area contributed by atoms with Crippen LogP contribution >= 0.6 is 15.9 Å². The Morgan fingerprint density at radius 1 is 1.50 bits per heavy atom. The molecule has 16 heavy (non-hydrogen) atoms. The predicted molar refractivity (Wildman–Crippen MR) is 66.4 cm³/mol. The van der Waals surface area contributed by atoms with E-state index in [9.17, 15) is 5.11 Å². The molecule has 1 unspecified atom stereocenters. The van der Waals surface area contributed by atoms with Crippen LogP contribution < -0.4 is 10.5 Å². The van der Waals surface area contributed by atoms with Gasteiger partial charge in [-0.2, -0.15) is 0 Å². The van der Waals surface area contributed by atoms with Crippen molar-refractivity contribution in [1.82, 2.24) is 0 Å². The molecule has 1 aromatic rings. The number of nitrogens with two attached hydrogens (primary N) is 1. The maximum Gasteiger partial charge on any atom is 0.133 e. The Kier molecular flexibility index (Phi) is 3.84. The van der Waals surface area contributed by atoms with Crippen molar-refractivity contribution >= 4 is 15.9 Å². The monoisotopic (exact) mass is 285 g/mol. The van der Waals surface area contributed by atoms with Crippen molar-refractivity contribution in [1.29, 1.82) is 0 Å². The minimum Gasteiger partial charge on any atom is -0.489 e. The van der Waals surface area contributed by atoms with Crippen molar-refractivity contribution < 1.29 is 9.84 Å². The first-order valence-electron chi connectivity index (χ1n) is 5.55. The molecule has 0 amide bonds. The average Bonchev–Trinajstić information content (AvgIpc) is 2.23. The second-order valence-electron chi connectivity index (χ2n) is 4.11. The molecule has 0 spiro atoms. The summed E-state index contributed by atoms with van der Waals surface area (Å²) in [5, 5.41) is 9.60. The normalized spacial score (nSPS) is 17.9. The Morgan fingerprint density at radius 2 is 2.25 bits per heavy atom.